The standard InChI is InChI=1S/C20H26N2/c1-17(22-15-9-10-16-22)21-20(2,18-11-5-3-6-12-18)19-13-7-4-8-14-19/h3-8,11-14,17,21H,9-10,15-16H2,1-2H3. The van der Waals surface area contributed by atoms with Gasteiger partial charge in [-0.15, -0.1) is 0 Å². The Balaban J connectivity index is 1.93. The van der Waals surface area contributed by atoms with Crippen LogP contribution in [0.2, 0.25) is 0 Å². The summed E-state index contributed by atoms with van der Waals surface area (Å²) in [7, 11) is 0. The summed E-state index contributed by atoms with van der Waals surface area (Å²) < 4.78 is 0. The van der Waals surface area contributed by atoms with Crippen molar-refractivity contribution >= 4 is 0 Å². The molecule has 1 aliphatic rings. The minimum atomic E-state index is -0.176. The van der Waals surface area contributed by atoms with Crippen LogP contribution in [-0.2, 0) is 5.54 Å². The highest BCUT2D eigenvalue weighted by atomic mass is 15.3. The second-order valence-electron chi connectivity index (χ2n) is 6.42. The van der Waals surface area contributed by atoms with E-state index in [9.17, 15) is 0 Å². The summed E-state index contributed by atoms with van der Waals surface area (Å²) in [4.78, 5) is 2.55. The van der Waals surface area contributed by atoms with Crippen molar-refractivity contribution < 1.29 is 0 Å². The van der Waals surface area contributed by atoms with Crippen molar-refractivity contribution in [2.75, 3.05) is 13.1 Å². The lowest BCUT2D eigenvalue weighted by Crippen LogP contribution is -2.52. The summed E-state index contributed by atoms with van der Waals surface area (Å²) in [6, 6.07) is 21.5. The van der Waals surface area contributed by atoms with Gasteiger partial charge in [-0.1, -0.05) is 60.7 Å². The van der Waals surface area contributed by atoms with E-state index < -0.39 is 0 Å². The lowest BCUT2D eigenvalue weighted by molar-refractivity contribution is 0.183. The van der Waals surface area contributed by atoms with E-state index in [1.54, 1.807) is 0 Å². The van der Waals surface area contributed by atoms with Gasteiger partial charge in [0.2, 0.25) is 0 Å². The molecule has 1 N–H and O–H groups in total. The molecule has 0 saturated carbocycles. The molecule has 22 heavy (non-hydrogen) atoms. The van der Waals surface area contributed by atoms with Crippen LogP contribution in [0.5, 0.6) is 0 Å². The minimum Gasteiger partial charge on any atom is -0.289 e. The van der Waals surface area contributed by atoms with Crippen LogP contribution in [0.3, 0.4) is 0 Å². The van der Waals surface area contributed by atoms with E-state index in [0.29, 0.717) is 6.17 Å². The predicted octanol–water partition coefficient (Wildman–Crippen LogP) is 3.98. The lowest BCUT2D eigenvalue weighted by Gasteiger charge is -2.38. The van der Waals surface area contributed by atoms with Gasteiger partial charge in [0, 0.05) is 0 Å². The summed E-state index contributed by atoms with van der Waals surface area (Å²) in [5, 5.41) is 3.89. The molecular formula is C20H26N2. The SMILES string of the molecule is CC(NC(C)(c1ccccc1)c1ccccc1)N1CCCC1. The van der Waals surface area contributed by atoms with E-state index >= 15 is 0 Å². The molecule has 0 aliphatic carbocycles. The van der Waals surface area contributed by atoms with Crippen LogP contribution in [0.4, 0.5) is 0 Å². The Kier molecular flexibility index (Phi) is 4.60. The molecule has 0 spiro atoms. The maximum atomic E-state index is 3.89. The van der Waals surface area contributed by atoms with Gasteiger partial charge in [0.15, 0.2) is 0 Å². The zero-order valence-corrected chi connectivity index (χ0v) is 13.6. The van der Waals surface area contributed by atoms with Crippen molar-refractivity contribution in [3.05, 3.63) is 71.8 Å². The van der Waals surface area contributed by atoms with Gasteiger partial charge in [0.1, 0.15) is 0 Å². The number of nitrogens with one attached hydrogen (secondary N) is 1. The Labute approximate surface area is 134 Å². The molecular weight excluding hydrogens is 268 g/mol. The zero-order chi connectivity index (χ0) is 15.4. The Morgan fingerprint density at radius 3 is 1.77 bits per heavy atom. The molecule has 1 aliphatic heterocycles. The van der Waals surface area contributed by atoms with E-state index in [2.05, 4.69) is 84.7 Å². The molecule has 2 aromatic carbocycles. The first-order valence-corrected chi connectivity index (χ1v) is 8.33. The van der Waals surface area contributed by atoms with Crippen LogP contribution >= 0.6 is 0 Å². The van der Waals surface area contributed by atoms with Gasteiger partial charge in [0.25, 0.3) is 0 Å². The van der Waals surface area contributed by atoms with E-state index in [1.807, 2.05) is 0 Å². The first-order valence-electron chi connectivity index (χ1n) is 8.33. The van der Waals surface area contributed by atoms with Crippen LogP contribution in [0.1, 0.15) is 37.8 Å². The predicted molar refractivity (Wildman–Crippen MR) is 92.7 cm³/mol. The molecule has 1 unspecified atom stereocenters. The van der Waals surface area contributed by atoms with Gasteiger partial charge in [-0.05, 0) is 50.9 Å². The fourth-order valence-corrected chi connectivity index (χ4v) is 3.51. The van der Waals surface area contributed by atoms with Crippen molar-refractivity contribution in [1.29, 1.82) is 0 Å². The third kappa shape index (κ3) is 3.08. The second-order valence-corrected chi connectivity index (χ2v) is 6.42. The molecule has 2 heteroatoms. The monoisotopic (exact) mass is 294 g/mol. The Morgan fingerprint density at radius 1 is 0.864 bits per heavy atom. The molecule has 0 aromatic heterocycles. The molecule has 3 rings (SSSR count). The molecule has 1 fully saturated rings. The maximum absolute atomic E-state index is 3.89. The highest BCUT2D eigenvalue weighted by Gasteiger charge is 2.32. The van der Waals surface area contributed by atoms with E-state index in [-0.39, 0.29) is 5.54 Å². The van der Waals surface area contributed by atoms with E-state index in [1.165, 1.54) is 37.1 Å². The van der Waals surface area contributed by atoms with Crippen LogP contribution in [0.15, 0.2) is 60.7 Å². The summed E-state index contributed by atoms with van der Waals surface area (Å²) >= 11 is 0. The van der Waals surface area contributed by atoms with Crippen molar-refractivity contribution in [2.45, 2.75) is 38.4 Å². The quantitative estimate of drug-likeness (QED) is 0.897. The van der Waals surface area contributed by atoms with Crippen LogP contribution in [-0.4, -0.2) is 24.2 Å². The number of nitrogens with zero attached hydrogens (tertiary/aromatic N) is 1. The summed E-state index contributed by atoms with van der Waals surface area (Å²) in [5.41, 5.74) is 2.45. The highest BCUT2D eigenvalue weighted by Crippen LogP contribution is 2.30. The maximum Gasteiger partial charge on any atom is 0.0673 e. The molecule has 1 saturated heterocycles. The number of likely N-dealkylation sites (tertiary alicyclic amines) is 1. The Morgan fingerprint density at radius 2 is 1.32 bits per heavy atom. The number of rotatable bonds is 5. The molecule has 2 aromatic rings. The Hall–Kier alpha value is -1.64. The van der Waals surface area contributed by atoms with Crippen LogP contribution in [0.25, 0.3) is 0 Å². The molecule has 1 heterocycles. The summed E-state index contributed by atoms with van der Waals surface area (Å²) in [6.07, 6.45) is 3.01. The average molecular weight is 294 g/mol. The van der Waals surface area contributed by atoms with Gasteiger partial charge >= 0.3 is 0 Å². The van der Waals surface area contributed by atoms with Crippen molar-refractivity contribution in [3.63, 3.8) is 0 Å². The smallest absolute Gasteiger partial charge is 0.0673 e. The second kappa shape index (κ2) is 6.64. The number of benzene rings is 2. The summed E-state index contributed by atoms with van der Waals surface area (Å²) in [6.45, 7) is 6.99. The number of hydrogen-bond acceptors (Lipinski definition) is 2. The van der Waals surface area contributed by atoms with Crippen LogP contribution in [0, 0.1) is 0 Å². The van der Waals surface area contributed by atoms with Gasteiger partial charge in [-0.2, -0.15) is 0 Å². The third-order valence-electron chi connectivity index (χ3n) is 4.89. The molecule has 0 radical (unpaired) electrons. The zero-order valence-electron chi connectivity index (χ0n) is 13.6. The average Bonchev–Trinajstić information content (AvgIpc) is 3.11. The fourth-order valence-electron chi connectivity index (χ4n) is 3.51. The topological polar surface area (TPSA) is 15.3 Å². The lowest BCUT2D eigenvalue weighted by atomic mass is 9.84. The van der Waals surface area contributed by atoms with Crippen molar-refractivity contribution in [2.24, 2.45) is 0 Å². The highest BCUT2D eigenvalue weighted by molar-refractivity contribution is 5.37. The summed E-state index contributed by atoms with van der Waals surface area (Å²) in [5.74, 6) is 0. The van der Waals surface area contributed by atoms with Gasteiger partial charge in [0.05, 0.1) is 11.7 Å². The fraction of sp³-hybridized carbons (Fsp3) is 0.400. The first-order chi connectivity index (χ1) is 10.7. The first kappa shape index (κ1) is 15.3. The molecule has 0 bridgehead atoms. The van der Waals surface area contributed by atoms with Crippen molar-refractivity contribution in [1.82, 2.24) is 10.2 Å². The van der Waals surface area contributed by atoms with E-state index in [4.69, 9.17) is 0 Å². The largest absolute Gasteiger partial charge is 0.289 e. The minimum absolute atomic E-state index is 0.176. The Bertz CT molecular complexity index is 534. The van der Waals surface area contributed by atoms with Gasteiger partial charge in [-0.3, -0.25) is 10.2 Å². The number of hydrogen-bond donors (Lipinski definition) is 1. The molecule has 116 valence electrons. The normalized spacial score (nSPS) is 17.5. The third-order valence-corrected chi connectivity index (χ3v) is 4.89. The van der Waals surface area contributed by atoms with Crippen molar-refractivity contribution in [3.8, 4) is 0 Å². The van der Waals surface area contributed by atoms with Gasteiger partial charge in [-0.25, -0.2) is 0 Å². The molecule has 2 nitrogen and oxygen atoms in total. The molecule has 1 atom stereocenters. The van der Waals surface area contributed by atoms with Gasteiger partial charge < -0.3 is 0 Å². The molecule has 0 amide bonds. The van der Waals surface area contributed by atoms with E-state index in [0.717, 1.165) is 0 Å². The van der Waals surface area contributed by atoms with Crippen LogP contribution < -0.4 is 5.32 Å².